The number of aryl methyl sites for hydroxylation is 1. The summed E-state index contributed by atoms with van der Waals surface area (Å²) in [4.78, 5) is 20.7. The van der Waals surface area contributed by atoms with E-state index in [1.165, 1.54) is 17.2 Å². The van der Waals surface area contributed by atoms with E-state index in [0.717, 1.165) is 24.8 Å². The van der Waals surface area contributed by atoms with Crippen LogP contribution in [0.1, 0.15) is 24.1 Å². The second-order valence-corrected chi connectivity index (χ2v) is 8.42. The predicted octanol–water partition coefficient (Wildman–Crippen LogP) is 4.48. The molecule has 0 spiro atoms. The zero-order valence-corrected chi connectivity index (χ0v) is 17.0. The quantitative estimate of drug-likeness (QED) is 0.629. The SMILES string of the molecule is CC(=O)N1C[C@H]2CN(c3ccnc4c(F)cc(F)cc34)C[C@H]2[C@H]1c1ccccc1C. The second-order valence-electron chi connectivity index (χ2n) is 8.42. The zero-order chi connectivity index (χ0) is 21.0. The van der Waals surface area contributed by atoms with E-state index in [2.05, 4.69) is 28.9 Å². The molecule has 0 bridgehead atoms. The van der Waals surface area contributed by atoms with E-state index in [4.69, 9.17) is 0 Å². The van der Waals surface area contributed by atoms with Crippen molar-refractivity contribution in [3.8, 4) is 0 Å². The number of benzene rings is 2. The van der Waals surface area contributed by atoms with Gasteiger partial charge in [0.25, 0.3) is 0 Å². The number of rotatable bonds is 2. The highest BCUT2D eigenvalue weighted by Crippen LogP contribution is 2.47. The van der Waals surface area contributed by atoms with Gasteiger partial charge in [-0.25, -0.2) is 8.78 Å². The molecule has 5 rings (SSSR count). The van der Waals surface area contributed by atoms with Crippen LogP contribution in [0.4, 0.5) is 14.5 Å². The number of nitrogens with zero attached hydrogens (tertiary/aromatic N) is 3. The van der Waals surface area contributed by atoms with E-state index in [9.17, 15) is 13.6 Å². The van der Waals surface area contributed by atoms with Crippen LogP contribution in [-0.2, 0) is 4.79 Å². The van der Waals surface area contributed by atoms with Crippen molar-refractivity contribution < 1.29 is 13.6 Å². The minimum absolute atomic E-state index is 0.0141. The molecule has 1 aromatic heterocycles. The number of pyridine rings is 1. The molecule has 4 nitrogen and oxygen atoms in total. The first-order valence-corrected chi connectivity index (χ1v) is 10.3. The second kappa shape index (κ2) is 7.04. The fourth-order valence-corrected chi connectivity index (χ4v) is 5.32. The van der Waals surface area contributed by atoms with Crippen molar-refractivity contribution in [1.29, 1.82) is 0 Å². The molecule has 3 heterocycles. The summed E-state index contributed by atoms with van der Waals surface area (Å²) in [7, 11) is 0. The third-order valence-electron chi connectivity index (χ3n) is 6.66. The molecule has 2 aliphatic rings. The van der Waals surface area contributed by atoms with Crippen LogP contribution in [0, 0.1) is 30.4 Å². The highest BCUT2D eigenvalue weighted by molar-refractivity contribution is 5.92. The molecule has 154 valence electrons. The molecule has 6 heteroatoms. The van der Waals surface area contributed by atoms with Crippen LogP contribution in [0.5, 0.6) is 0 Å². The molecule has 1 amide bonds. The van der Waals surface area contributed by atoms with Gasteiger partial charge in [0.05, 0.1) is 6.04 Å². The fourth-order valence-electron chi connectivity index (χ4n) is 5.32. The number of halogens is 2. The summed E-state index contributed by atoms with van der Waals surface area (Å²) in [6.45, 7) is 5.88. The molecule has 3 atom stereocenters. The summed E-state index contributed by atoms with van der Waals surface area (Å²) >= 11 is 0. The van der Waals surface area contributed by atoms with Crippen LogP contribution in [0.15, 0.2) is 48.7 Å². The Morgan fingerprint density at radius 2 is 1.90 bits per heavy atom. The molecular formula is C24H23F2N3O. The number of likely N-dealkylation sites (tertiary alicyclic amines) is 1. The van der Waals surface area contributed by atoms with Crippen molar-refractivity contribution >= 4 is 22.5 Å². The lowest BCUT2D eigenvalue weighted by Gasteiger charge is -2.31. The fraction of sp³-hybridized carbons (Fsp3) is 0.333. The summed E-state index contributed by atoms with van der Waals surface area (Å²) in [5, 5.41) is 0.492. The minimum Gasteiger partial charge on any atom is -0.370 e. The first-order chi connectivity index (χ1) is 14.4. The summed E-state index contributed by atoms with van der Waals surface area (Å²) in [6, 6.07) is 12.3. The Hall–Kier alpha value is -3.02. The molecule has 2 saturated heterocycles. The lowest BCUT2D eigenvalue weighted by Crippen LogP contribution is -2.34. The van der Waals surface area contributed by atoms with E-state index >= 15 is 0 Å². The van der Waals surface area contributed by atoms with Crippen molar-refractivity contribution in [1.82, 2.24) is 9.88 Å². The zero-order valence-electron chi connectivity index (χ0n) is 17.0. The average Bonchev–Trinajstić information content (AvgIpc) is 3.26. The standard InChI is InChI=1S/C24H23F2N3O/c1-14-5-3-4-6-18(14)24-20-13-28(11-16(20)12-29(24)15(2)30)22-7-8-27-23-19(22)9-17(25)10-21(23)26/h3-10,16,20,24H,11-13H2,1-2H3/t16-,20-,24-/m1/s1. The average molecular weight is 407 g/mol. The van der Waals surface area contributed by atoms with Crippen molar-refractivity contribution in [2.24, 2.45) is 11.8 Å². The molecule has 2 fully saturated rings. The Morgan fingerprint density at radius 3 is 2.67 bits per heavy atom. The number of carbonyl (C=O) groups is 1. The van der Waals surface area contributed by atoms with Gasteiger partial charge in [-0.2, -0.15) is 0 Å². The van der Waals surface area contributed by atoms with Crippen LogP contribution in [-0.4, -0.2) is 35.4 Å². The topological polar surface area (TPSA) is 36.4 Å². The summed E-state index contributed by atoms with van der Waals surface area (Å²) in [6.07, 6.45) is 1.58. The molecular weight excluding hydrogens is 384 g/mol. The van der Waals surface area contributed by atoms with Crippen LogP contribution in [0.25, 0.3) is 10.9 Å². The summed E-state index contributed by atoms with van der Waals surface area (Å²) in [5.74, 6) is -0.597. The number of amides is 1. The Bertz CT molecular complexity index is 1150. The van der Waals surface area contributed by atoms with Crippen LogP contribution >= 0.6 is 0 Å². The van der Waals surface area contributed by atoms with E-state index in [0.29, 0.717) is 17.8 Å². The third kappa shape index (κ3) is 2.93. The van der Waals surface area contributed by atoms with Gasteiger partial charge in [-0.3, -0.25) is 9.78 Å². The van der Waals surface area contributed by atoms with Crippen molar-refractivity contribution in [2.75, 3.05) is 24.5 Å². The van der Waals surface area contributed by atoms with E-state index in [1.807, 2.05) is 23.1 Å². The van der Waals surface area contributed by atoms with E-state index in [-0.39, 0.29) is 23.4 Å². The Morgan fingerprint density at radius 1 is 1.10 bits per heavy atom. The van der Waals surface area contributed by atoms with E-state index < -0.39 is 11.6 Å². The third-order valence-corrected chi connectivity index (χ3v) is 6.66. The Labute approximate surface area is 174 Å². The highest BCUT2D eigenvalue weighted by atomic mass is 19.1. The monoisotopic (exact) mass is 407 g/mol. The van der Waals surface area contributed by atoms with Crippen molar-refractivity contribution in [2.45, 2.75) is 19.9 Å². The number of anilines is 1. The van der Waals surface area contributed by atoms with Gasteiger partial charge in [-0.15, -0.1) is 0 Å². The maximum atomic E-state index is 14.2. The Kier molecular flexibility index (Phi) is 4.45. The van der Waals surface area contributed by atoms with Crippen LogP contribution in [0.2, 0.25) is 0 Å². The maximum Gasteiger partial charge on any atom is 0.219 e. The van der Waals surface area contributed by atoms with Crippen molar-refractivity contribution in [3.63, 3.8) is 0 Å². The molecule has 0 unspecified atom stereocenters. The highest BCUT2D eigenvalue weighted by Gasteiger charge is 2.49. The first-order valence-electron chi connectivity index (χ1n) is 10.3. The van der Waals surface area contributed by atoms with Crippen LogP contribution in [0.3, 0.4) is 0 Å². The predicted molar refractivity (Wildman–Crippen MR) is 112 cm³/mol. The molecule has 0 saturated carbocycles. The van der Waals surface area contributed by atoms with Gasteiger partial charge in [-0.1, -0.05) is 24.3 Å². The van der Waals surface area contributed by atoms with Crippen LogP contribution < -0.4 is 4.90 Å². The number of hydrogen-bond donors (Lipinski definition) is 0. The van der Waals surface area contributed by atoms with Crippen molar-refractivity contribution in [3.05, 3.63) is 71.4 Å². The number of aromatic nitrogens is 1. The molecule has 3 aromatic rings. The molecule has 0 aliphatic carbocycles. The summed E-state index contributed by atoms with van der Waals surface area (Å²) in [5.41, 5.74) is 3.34. The number of carbonyl (C=O) groups excluding carboxylic acids is 1. The molecule has 30 heavy (non-hydrogen) atoms. The van der Waals surface area contributed by atoms with Gasteiger partial charge in [-0.05, 0) is 30.2 Å². The van der Waals surface area contributed by atoms with E-state index in [1.54, 1.807) is 13.1 Å². The Balaban J connectivity index is 1.54. The van der Waals surface area contributed by atoms with Gasteiger partial charge in [0, 0.05) is 61.7 Å². The largest absolute Gasteiger partial charge is 0.370 e. The van der Waals surface area contributed by atoms with Gasteiger partial charge in [0.15, 0.2) is 5.82 Å². The molecule has 0 radical (unpaired) electrons. The first kappa shape index (κ1) is 19.0. The summed E-state index contributed by atoms with van der Waals surface area (Å²) < 4.78 is 28.2. The van der Waals surface area contributed by atoms with Gasteiger partial charge >= 0.3 is 0 Å². The lowest BCUT2D eigenvalue weighted by atomic mass is 9.87. The molecule has 2 aromatic carbocycles. The van der Waals surface area contributed by atoms with Gasteiger partial charge < -0.3 is 9.80 Å². The molecule has 0 N–H and O–H groups in total. The normalized spacial score (nSPS) is 23.3. The number of fused-ring (bicyclic) bond motifs is 2. The smallest absolute Gasteiger partial charge is 0.219 e. The minimum atomic E-state index is -0.646. The molecule has 2 aliphatic heterocycles. The maximum absolute atomic E-state index is 14.2. The van der Waals surface area contributed by atoms with Gasteiger partial charge in [0.1, 0.15) is 11.3 Å². The number of hydrogen-bond acceptors (Lipinski definition) is 3. The van der Waals surface area contributed by atoms with Gasteiger partial charge in [0.2, 0.25) is 5.91 Å². The lowest BCUT2D eigenvalue weighted by molar-refractivity contribution is -0.130.